The number of anilines is 1. The average molecular weight is 316 g/mol. The van der Waals surface area contributed by atoms with Gasteiger partial charge < -0.3 is 4.90 Å². The van der Waals surface area contributed by atoms with Gasteiger partial charge in [0.05, 0.1) is 16.5 Å². The van der Waals surface area contributed by atoms with Crippen molar-refractivity contribution < 1.29 is 8.42 Å². The molecule has 0 radical (unpaired) electrons. The summed E-state index contributed by atoms with van der Waals surface area (Å²) in [5, 5.41) is 9.72. The van der Waals surface area contributed by atoms with Crippen molar-refractivity contribution in [2.45, 2.75) is 17.7 Å². The molecule has 0 amide bonds. The molecule has 114 valence electrons. The fourth-order valence-corrected chi connectivity index (χ4v) is 3.37. The van der Waals surface area contributed by atoms with Crippen LogP contribution in [-0.2, 0) is 9.84 Å². The van der Waals surface area contributed by atoms with Crippen LogP contribution in [-0.4, -0.2) is 37.7 Å². The number of fused-ring (bicyclic) bond motifs is 1. The topological polar surface area (TPSA) is 87.0 Å². The van der Waals surface area contributed by atoms with Crippen LogP contribution < -0.4 is 4.90 Å². The van der Waals surface area contributed by atoms with E-state index in [2.05, 4.69) is 20.9 Å². The van der Waals surface area contributed by atoms with E-state index < -0.39 is 9.84 Å². The molecule has 0 saturated carbocycles. The molecule has 1 aromatic heterocycles. The predicted octanol–water partition coefficient (Wildman–Crippen LogP) is 1.77. The highest BCUT2D eigenvalue weighted by Crippen LogP contribution is 2.28. The van der Waals surface area contributed by atoms with Crippen LogP contribution in [0, 0.1) is 17.2 Å². The van der Waals surface area contributed by atoms with Gasteiger partial charge in [0.2, 0.25) is 0 Å². The van der Waals surface area contributed by atoms with Crippen LogP contribution in [0.15, 0.2) is 29.4 Å². The Labute approximate surface area is 129 Å². The zero-order chi connectivity index (χ0) is 15.7. The lowest BCUT2D eigenvalue weighted by atomic mass is 9.98. The predicted molar refractivity (Wildman–Crippen MR) is 83.2 cm³/mol. The van der Waals surface area contributed by atoms with E-state index in [0.29, 0.717) is 0 Å². The summed E-state index contributed by atoms with van der Waals surface area (Å²) >= 11 is 0. The molecule has 0 N–H and O–H groups in total. The summed E-state index contributed by atoms with van der Waals surface area (Å²) in [4.78, 5) is 10.9. The Balaban J connectivity index is 2.05. The normalized spacial score (nSPS) is 16.6. The third-order valence-electron chi connectivity index (χ3n) is 3.99. The van der Waals surface area contributed by atoms with E-state index >= 15 is 0 Å². The van der Waals surface area contributed by atoms with Gasteiger partial charge in [-0.2, -0.15) is 5.26 Å². The van der Waals surface area contributed by atoms with Gasteiger partial charge in [-0.1, -0.05) is 0 Å². The maximum absolute atomic E-state index is 11.8. The second-order valence-electron chi connectivity index (χ2n) is 5.54. The van der Waals surface area contributed by atoms with Crippen molar-refractivity contribution >= 4 is 26.6 Å². The summed E-state index contributed by atoms with van der Waals surface area (Å²) in [6, 6.07) is 7.21. The monoisotopic (exact) mass is 316 g/mol. The minimum Gasteiger partial charge on any atom is -0.356 e. The lowest BCUT2D eigenvalue weighted by Gasteiger charge is -2.30. The Morgan fingerprint density at radius 2 is 2.00 bits per heavy atom. The van der Waals surface area contributed by atoms with Crippen molar-refractivity contribution in [3.63, 3.8) is 0 Å². The van der Waals surface area contributed by atoms with Gasteiger partial charge in [-0.05, 0) is 31.0 Å². The molecular formula is C15H16N4O2S. The largest absolute Gasteiger partial charge is 0.356 e. The number of benzene rings is 1. The molecule has 0 bridgehead atoms. The zero-order valence-electron chi connectivity index (χ0n) is 12.2. The first-order valence-corrected chi connectivity index (χ1v) is 8.97. The molecule has 1 saturated heterocycles. The number of hydrogen-bond donors (Lipinski definition) is 0. The Kier molecular flexibility index (Phi) is 3.71. The summed E-state index contributed by atoms with van der Waals surface area (Å²) in [6.45, 7) is 1.49. The fraction of sp³-hybridized carbons (Fsp3) is 0.400. The molecule has 7 heteroatoms. The molecule has 3 rings (SSSR count). The Morgan fingerprint density at radius 3 is 2.64 bits per heavy atom. The van der Waals surface area contributed by atoms with Crippen molar-refractivity contribution in [3.8, 4) is 6.07 Å². The van der Waals surface area contributed by atoms with E-state index in [1.807, 2.05) is 0 Å². The first-order valence-electron chi connectivity index (χ1n) is 7.08. The molecule has 1 aromatic carbocycles. The smallest absolute Gasteiger partial charge is 0.175 e. The molecule has 0 spiro atoms. The van der Waals surface area contributed by atoms with Crippen LogP contribution in [0.2, 0.25) is 0 Å². The number of aromatic nitrogens is 2. The van der Waals surface area contributed by atoms with Gasteiger partial charge in [0.1, 0.15) is 12.1 Å². The minimum absolute atomic E-state index is 0.0935. The van der Waals surface area contributed by atoms with Crippen LogP contribution in [0.3, 0.4) is 0 Å². The van der Waals surface area contributed by atoms with E-state index in [-0.39, 0.29) is 10.8 Å². The van der Waals surface area contributed by atoms with Gasteiger partial charge >= 0.3 is 0 Å². The standard InChI is InChI=1S/C15H16N4O2S/c1-22(20,21)12-2-3-14-13(8-12)15(18-10-17-14)19-6-4-11(9-16)5-7-19/h2-3,8,10-11H,4-7H2,1H3. The van der Waals surface area contributed by atoms with Crippen LogP contribution in [0.25, 0.3) is 10.9 Å². The molecule has 1 fully saturated rings. The van der Waals surface area contributed by atoms with Crippen molar-refractivity contribution in [3.05, 3.63) is 24.5 Å². The van der Waals surface area contributed by atoms with Gasteiger partial charge in [0.15, 0.2) is 9.84 Å². The maximum Gasteiger partial charge on any atom is 0.175 e. The molecule has 6 nitrogen and oxygen atoms in total. The Hall–Kier alpha value is -2.20. The lowest BCUT2D eigenvalue weighted by Crippen LogP contribution is -2.34. The number of nitriles is 1. The van der Waals surface area contributed by atoms with Gasteiger partial charge in [-0.3, -0.25) is 0 Å². The summed E-state index contributed by atoms with van der Waals surface area (Å²) in [5.41, 5.74) is 0.722. The van der Waals surface area contributed by atoms with Gasteiger partial charge in [-0.25, -0.2) is 18.4 Å². The number of hydrogen-bond acceptors (Lipinski definition) is 6. The molecule has 0 atom stereocenters. The molecule has 0 unspecified atom stereocenters. The zero-order valence-corrected chi connectivity index (χ0v) is 13.0. The second kappa shape index (κ2) is 5.54. The van der Waals surface area contributed by atoms with Crippen LogP contribution in [0.5, 0.6) is 0 Å². The average Bonchev–Trinajstić information content (AvgIpc) is 2.53. The van der Waals surface area contributed by atoms with Crippen molar-refractivity contribution in [2.24, 2.45) is 5.92 Å². The first kappa shape index (κ1) is 14.7. The molecule has 1 aliphatic heterocycles. The highest BCUT2D eigenvalue weighted by atomic mass is 32.2. The SMILES string of the molecule is CS(=O)(=O)c1ccc2ncnc(N3CCC(C#N)CC3)c2c1. The maximum atomic E-state index is 11.8. The van der Waals surface area contributed by atoms with Gasteiger partial charge in [0.25, 0.3) is 0 Å². The number of piperidine rings is 1. The lowest BCUT2D eigenvalue weighted by molar-refractivity contribution is 0.486. The molecule has 2 heterocycles. The van der Waals surface area contributed by atoms with E-state index in [4.69, 9.17) is 5.26 Å². The fourth-order valence-electron chi connectivity index (χ4n) is 2.73. The van der Waals surface area contributed by atoms with Crippen molar-refractivity contribution in [1.82, 2.24) is 9.97 Å². The second-order valence-corrected chi connectivity index (χ2v) is 7.55. The highest BCUT2D eigenvalue weighted by molar-refractivity contribution is 7.90. The highest BCUT2D eigenvalue weighted by Gasteiger charge is 2.22. The van der Waals surface area contributed by atoms with Gasteiger partial charge in [0, 0.05) is 30.6 Å². The minimum atomic E-state index is -3.27. The van der Waals surface area contributed by atoms with E-state index in [9.17, 15) is 8.42 Å². The number of sulfone groups is 1. The van der Waals surface area contributed by atoms with Crippen LogP contribution >= 0.6 is 0 Å². The molecular weight excluding hydrogens is 300 g/mol. The Bertz CT molecular complexity index is 849. The van der Waals surface area contributed by atoms with E-state index in [0.717, 1.165) is 42.7 Å². The van der Waals surface area contributed by atoms with Crippen molar-refractivity contribution in [2.75, 3.05) is 24.2 Å². The molecule has 0 aliphatic carbocycles. The Morgan fingerprint density at radius 1 is 1.27 bits per heavy atom. The quantitative estimate of drug-likeness (QED) is 0.839. The number of nitrogens with zero attached hydrogens (tertiary/aromatic N) is 4. The summed E-state index contributed by atoms with van der Waals surface area (Å²) in [7, 11) is -3.27. The van der Waals surface area contributed by atoms with Crippen LogP contribution in [0.4, 0.5) is 5.82 Å². The van der Waals surface area contributed by atoms with Gasteiger partial charge in [-0.15, -0.1) is 0 Å². The number of rotatable bonds is 2. The first-order chi connectivity index (χ1) is 10.5. The third-order valence-corrected chi connectivity index (χ3v) is 5.10. The van der Waals surface area contributed by atoms with E-state index in [1.165, 1.54) is 12.6 Å². The molecule has 22 heavy (non-hydrogen) atoms. The molecule has 1 aliphatic rings. The summed E-state index contributed by atoms with van der Waals surface area (Å²) in [6.07, 6.45) is 4.28. The molecule has 2 aromatic rings. The third kappa shape index (κ3) is 2.74. The summed E-state index contributed by atoms with van der Waals surface area (Å²) in [5.74, 6) is 0.836. The summed E-state index contributed by atoms with van der Waals surface area (Å²) < 4.78 is 23.5. The van der Waals surface area contributed by atoms with Crippen LogP contribution in [0.1, 0.15) is 12.8 Å². The van der Waals surface area contributed by atoms with E-state index in [1.54, 1.807) is 18.2 Å². The van der Waals surface area contributed by atoms with Crippen molar-refractivity contribution in [1.29, 1.82) is 5.26 Å².